The first kappa shape index (κ1) is 20.9. The highest BCUT2D eigenvalue weighted by Gasteiger charge is 2.14. The summed E-state index contributed by atoms with van der Waals surface area (Å²) < 4.78 is 27.2. The molecule has 0 saturated heterocycles. The number of hydrogen-bond donors (Lipinski definition) is 2. The molecular weight excluding hydrogens is 433 g/mol. The smallest absolute Gasteiger partial charge is 0.271 e. The predicted octanol–water partition coefficient (Wildman–Crippen LogP) is 4.56. The number of hydrazone groups is 1. The molecule has 0 aromatic heterocycles. The summed E-state index contributed by atoms with van der Waals surface area (Å²) in [5, 5.41) is 4.94. The molecule has 0 spiro atoms. The van der Waals surface area contributed by atoms with Crippen LogP contribution in [0, 0.1) is 0 Å². The third-order valence-electron chi connectivity index (χ3n) is 3.77. The number of carbonyl (C=O) groups excluding carboxylic acids is 1. The van der Waals surface area contributed by atoms with Crippen LogP contribution in [0.5, 0.6) is 0 Å². The van der Waals surface area contributed by atoms with Crippen LogP contribution in [0.15, 0.2) is 82.8 Å². The molecule has 0 aliphatic heterocycles. The van der Waals surface area contributed by atoms with E-state index in [1.807, 2.05) is 0 Å². The maximum Gasteiger partial charge on any atom is 0.271 e. The summed E-state index contributed by atoms with van der Waals surface area (Å²) in [5.74, 6) is -0.428. The average molecular weight is 448 g/mol. The average Bonchev–Trinajstić information content (AvgIpc) is 2.70. The summed E-state index contributed by atoms with van der Waals surface area (Å²) in [4.78, 5) is 12.2. The van der Waals surface area contributed by atoms with Crippen LogP contribution >= 0.6 is 23.2 Å². The summed E-state index contributed by atoms with van der Waals surface area (Å²) in [5.41, 5.74) is 3.83. The van der Waals surface area contributed by atoms with Crippen molar-refractivity contribution in [1.29, 1.82) is 0 Å². The summed E-state index contributed by atoms with van der Waals surface area (Å²) in [6.45, 7) is 0. The SMILES string of the molecule is O=C(N/N=C/c1ccc(Cl)cc1)c1ccc(NS(=O)(=O)c2ccc(Cl)cc2)cc1. The van der Waals surface area contributed by atoms with E-state index in [2.05, 4.69) is 15.2 Å². The van der Waals surface area contributed by atoms with Gasteiger partial charge in [0.05, 0.1) is 11.1 Å². The monoisotopic (exact) mass is 447 g/mol. The second kappa shape index (κ2) is 9.09. The van der Waals surface area contributed by atoms with Crippen molar-refractivity contribution in [3.05, 3.63) is 94.0 Å². The van der Waals surface area contributed by atoms with Crippen LogP contribution in [0.3, 0.4) is 0 Å². The first-order valence-corrected chi connectivity index (χ1v) is 10.5. The van der Waals surface area contributed by atoms with Crippen molar-refractivity contribution in [1.82, 2.24) is 5.43 Å². The minimum absolute atomic E-state index is 0.0836. The zero-order chi connectivity index (χ0) is 20.9. The fraction of sp³-hybridized carbons (Fsp3) is 0. The molecule has 0 atom stereocenters. The highest BCUT2D eigenvalue weighted by atomic mass is 35.5. The third kappa shape index (κ3) is 5.80. The van der Waals surface area contributed by atoms with Crippen LogP contribution in [0.1, 0.15) is 15.9 Å². The lowest BCUT2D eigenvalue weighted by Gasteiger charge is -2.08. The van der Waals surface area contributed by atoms with Crippen LogP contribution in [-0.4, -0.2) is 20.5 Å². The largest absolute Gasteiger partial charge is 0.280 e. The summed E-state index contributed by atoms with van der Waals surface area (Å²) in [6, 6.07) is 18.7. The normalized spacial score (nSPS) is 11.4. The van der Waals surface area contributed by atoms with Crippen molar-refractivity contribution in [2.75, 3.05) is 4.72 Å². The number of nitrogens with zero attached hydrogens (tertiary/aromatic N) is 1. The first-order chi connectivity index (χ1) is 13.8. The van der Waals surface area contributed by atoms with E-state index in [1.165, 1.54) is 54.7 Å². The van der Waals surface area contributed by atoms with Gasteiger partial charge in [-0.25, -0.2) is 13.8 Å². The van der Waals surface area contributed by atoms with E-state index in [1.54, 1.807) is 24.3 Å². The molecule has 0 bridgehead atoms. The first-order valence-electron chi connectivity index (χ1n) is 8.31. The van der Waals surface area contributed by atoms with Crippen LogP contribution in [0.4, 0.5) is 5.69 Å². The summed E-state index contributed by atoms with van der Waals surface area (Å²) in [6.07, 6.45) is 1.49. The van der Waals surface area contributed by atoms with E-state index in [4.69, 9.17) is 23.2 Å². The number of halogens is 2. The molecule has 1 amide bonds. The van der Waals surface area contributed by atoms with Gasteiger partial charge >= 0.3 is 0 Å². The van der Waals surface area contributed by atoms with Crippen LogP contribution in [-0.2, 0) is 10.0 Å². The Labute approximate surface area is 178 Å². The van der Waals surface area contributed by atoms with Crippen molar-refractivity contribution in [3.63, 3.8) is 0 Å². The number of carbonyl (C=O) groups is 1. The van der Waals surface area contributed by atoms with E-state index in [-0.39, 0.29) is 4.90 Å². The van der Waals surface area contributed by atoms with Crippen LogP contribution in [0.2, 0.25) is 10.0 Å². The standard InChI is InChI=1S/C20H15Cl2N3O3S/c21-16-5-1-14(2-6-16)13-23-24-20(26)15-3-9-18(10-4-15)25-29(27,28)19-11-7-17(22)8-12-19/h1-13,25H,(H,24,26)/b23-13+. The summed E-state index contributed by atoms with van der Waals surface area (Å²) >= 11 is 11.6. The van der Waals surface area contributed by atoms with Gasteiger partial charge in [-0.15, -0.1) is 0 Å². The van der Waals surface area contributed by atoms with Gasteiger partial charge in [0.2, 0.25) is 0 Å². The maximum absolute atomic E-state index is 12.4. The lowest BCUT2D eigenvalue weighted by molar-refractivity contribution is 0.0955. The van der Waals surface area contributed by atoms with E-state index in [0.29, 0.717) is 21.3 Å². The molecule has 0 fully saturated rings. The molecule has 29 heavy (non-hydrogen) atoms. The van der Waals surface area contributed by atoms with Crippen molar-refractivity contribution >= 4 is 51.0 Å². The Morgan fingerprint density at radius 2 is 1.38 bits per heavy atom. The Bertz CT molecular complexity index is 1130. The molecule has 148 valence electrons. The number of amides is 1. The van der Waals surface area contributed by atoms with Crippen molar-refractivity contribution in [3.8, 4) is 0 Å². The highest BCUT2D eigenvalue weighted by molar-refractivity contribution is 7.92. The Hall–Kier alpha value is -2.87. The Kier molecular flexibility index (Phi) is 6.53. The predicted molar refractivity (Wildman–Crippen MR) is 115 cm³/mol. The quantitative estimate of drug-likeness (QED) is 0.428. The van der Waals surface area contributed by atoms with E-state index in [0.717, 1.165) is 5.56 Å². The molecule has 0 aliphatic rings. The Morgan fingerprint density at radius 3 is 1.97 bits per heavy atom. The maximum atomic E-state index is 12.4. The van der Waals surface area contributed by atoms with Crippen molar-refractivity contribution < 1.29 is 13.2 Å². The topological polar surface area (TPSA) is 87.6 Å². The second-order valence-electron chi connectivity index (χ2n) is 5.89. The number of benzene rings is 3. The molecule has 6 nitrogen and oxygen atoms in total. The van der Waals surface area contributed by atoms with Gasteiger partial charge in [-0.2, -0.15) is 5.10 Å². The molecule has 9 heteroatoms. The molecule has 0 saturated carbocycles. The van der Waals surface area contributed by atoms with Crippen molar-refractivity contribution in [2.24, 2.45) is 5.10 Å². The van der Waals surface area contributed by atoms with E-state index < -0.39 is 15.9 Å². The molecule has 3 aromatic carbocycles. The molecule has 0 heterocycles. The number of sulfonamides is 1. The summed E-state index contributed by atoms with van der Waals surface area (Å²) in [7, 11) is -3.75. The van der Waals surface area contributed by atoms with Crippen LogP contribution < -0.4 is 10.1 Å². The van der Waals surface area contributed by atoms with Gasteiger partial charge in [-0.05, 0) is 66.2 Å². The minimum Gasteiger partial charge on any atom is -0.280 e. The fourth-order valence-electron chi connectivity index (χ4n) is 2.30. The number of rotatable bonds is 6. The molecule has 0 aliphatic carbocycles. The van der Waals surface area contributed by atoms with Gasteiger partial charge in [-0.1, -0.05) is 35.3 Å². The van der Waals surface area contributed by atoms with Gasteiger partial charge in [0.25, 0.3) is 15.9 Å². The number of hydrogen-bond acceptors (Lipinski definition) is 4. The van der Waals surface area contributed by atoms with Gasteiger partial charge < -0.3 is 0 Å². The lowest BCUT2D eigenvalue weighted by atomic mass is 10.2. The minimum atomic E-state index is -3.75. The van der Waals surface area contributed by atoms with Gasteiger partial charge in [0.1, 0.15) is 0 Å². The third-order valence-corrected chi connectivity index (χ3v) is 5.67. The fourth-order valence-corrected chi connectivity index (χ4v) is 3.61. The van der Waals surface area contributed by atoms with Gasteiger partial charge in [-0.3, -0.25) is 9.52 Å². The zero-order valence-electron chi connectivity index (χ0n) is 14.8. The second-order valence-corrected chi connectivity index (χ2v) is 8.44. The molecular formula is C20H15Cl2N3O3S. The van der Waals surface area contributed by atoms with E-state index in [9.17, 15) is 13.2 Å². The van der Waals surface area contributed by atoms with Gasteiger partial charge in [0, 0.05) is 21.3 Å². The molecule has 3 aromatic rings. The number of nitrogens with one attached hydrogen (secondary N) is 2. The molecule has 2 N–H and O–H groups in total. The zero-order valence-corrected chi connectivity index (χ0v) is 17.2. The molecule has 0 radical (unpaired) electrons. The number of anilines is 1. The van der Waals surface area contributed by atoms with Crippen LogP contribution in [0.25, 0.3) is 0 Å². The lowest BCUT2D eigenvalue weighted by Crippen LogP contribution is -2.18. The van der Waals surface area contributed by atoms with E-state index >= 15 is 0 Å². The molecule has 3 rings (SSSR count). The Morgan fingerprint density at radius 1 is 0.828 bits per heavy atom. The van der Waals surface area contributed by atoms with Crippen molar-refractivity contribution in [2.45, 2.75) is 4.90 Å². The Balaban J connectivity index is 1.62. The highest BCUT2D eigenvalue weighted by Crippen LogP contribution is 2.18. The van der Waals surface area contributed by atoms with Gasteiger partial charge in [0.15, 0.2) is 0 Å². The molecule has 0 unspecified atom stereocenters.